The van der Waals surface area contributed by atoms with E-state index in [1.54, 1.807) is 25.6 Å². The van der Waals surface area contributed by atoms with Gasteiger partial charge < -0.3 is 16.0 Å². The molecule has 0 saturated heterocycles. The van der Waals surface area contributed by atoms with Crippen LogP contribution in [-0.2, 0) is 0 Å². The fraction of sp³-hybridized carbons (Fsp3) is 0.296. The van der Waals surface area contributed by atoms with E-state index >= 15 is 0 Å². The number of carbonyl (C=O) groups excluding carboxylic acids is 1. The lowest BCUT2D eigenvalue weighted by atomic mass is 9.96. The molecule has 8 heteroatoms. The monoisotopic (exact) mass is 467 g/mol. The molecule has 1 aliphatic rings. The third-order valence-corrected chi connectivity index (χ3v) is 6.39. The average molecular weight is 468 g/mol. The second kappa shape index (κ2) is 10.0. The molecule has 4 aromatic rings. The summed E-state index contributed by atoms with van der Waals surface area (Å²) >= 11 is 0. The summed E-state index contributed by atoms with van der Waals surface area (Å²) in [6, 6.07) is 13.7. The predicted octanol–water partition coefficient (Wildman–Crippen LogP) is 4.48. The lowest BCUT2D eigenvalue weighted by Crippen LogP contribution is -2.18. The van der Waals surface area contributed by atoms with Crippen molar-refractivity contribution in [3.8, 4) is 11.3 Å². The number of hydrogen-bond donors (Lipinski definition) is 3. The van der Waals surface area contributed by atoms with Crippen LogP contribution in [-0.4, -0.2) is 46.0 Å². The fourth-order valence-electron chi connectivity index (χ4n) is 4.13. The summed E-state index contributed by atoms with van der Waals surface area (Å²) < 4.78 is 0. The number of nitrogens with one attached hydrogen (secondary N) is 3. The maximum atomic E-state index is 12.3. The number of amides is 1. The molecule has 1 aliphatic carbocycles. The second-order valence-electron chi connectivity index (χ2n) is 9.01. The molecular formula is C27H29N7O. The van der Waals surface area contributed by atoms with Gasteiger partial charge in [0.15, 0.2) is 0 Å². The van der Waals surface area contributed by atoms with Gasteiger partial charge in [-0.15, -0.1) is 0 Å². The third-order valence-electron chi connectivity index (χ3n) is 6.39. The molecule has 1 amide bonds. The van der Waals surface area contributed by atoms with E-state index in [1.165, 1.54) is 12.8 Å². The standard InChI is InChI=1S/C27H29N7O/c1-17(20-4-3-5-21-22(27(35)28-2)10-11-29-26(20)21)13-30-25-12-23(33-16-34-25)19-8-9-24(32-15-19)31-14-18-6-7-18/h3-5,8-12,15-18H,6-7,13-14H2,1-2H3,(H,28,35)(H,31,32)(H,30,33,34)/t17-/m1/s1. The lowest BCUT2D eigenvalue weighted by molar-refractivity contribution is 0.0964. The highest BCUT2D eigenvalue weighted by atomic mass is 16.1. The van der Waals surface area contributed by atoms with Gasteiger partial charge in [0.1, 0.15) is 18.0 Å². The van der Waals surface area contributed by atoms with Crippen molar-refractivity contribution in [3.05, 3.63) is 72.3 Å². The van der Waals surface area contributed by atoms with Crippen molar-refractivity contribution in [1.29, 1.82) is 0 Å². The van der Waals surface area contributed by atoms with Crippen molar-refractivity contribution in [2.24, 2.45) is 5.92 Å². The topological polar surface area (TPSA) is 105 Å². The normalized spacial score (nSPS) is 13.9. The van der Waals surface area contributed by atoms with Crippen molar-refractivity contribution in [2.75, 3.05) is 30.8 Å². The number of benzene rings is 1. The smallest absolute Gasteiger partial charge is 0.251 e. The molecule has 0 aliphatic heterocycles. The maximum Gasteiger partial charge on any atom is 0.251 e. The van der Waals surface area contributed by atoms with Crippen LogP contribution in [0.5, 0.6) is 0 Å². The van der Waals surface area contributed by atoms with Crippen molar-refractivity contribution in [1.82, 2.24) is 25.3 Å². The minimum atomic E-state index is -0.116. The van der Waals surface area contributed by atoms with Gasteiger partial charge in [-0.05, 0) is 42.5 Å². The van der Waals surface area contributed by atoms with Crippen molar-refractivity contribution < 1.29 is 4.79 Å². The first kappa shape index (κ1) is 22.7. The van der Waals surface area contributed by atoms with Gasteiger partial charge >= 0.3 is 0 Å². The average Bonchev–Trinajstić information content (AvgIpc) is 3.74. The van der Waals surface area contributed by atoms with Crippen molar-refractivity contribution in [3.63, 3.8) is 0 Å². The van der Waals surface area contributed by atoms with Crippen LogP contribution in [0.4, 0.5) is 11.6 Å². The van der Waals surface area contributed by atoms with Gasteiger partial charge in [-0.3, -0.25) is 9.78 Å². The van der Waals surface area contributed by atoms with E-state index in [0.29, 0.717) is 12.1 Å². The number of pyridine rings is 2. The van der Waals surface area contributed by atoms with Gasteiger partial charge in [0, 0.05) is 55.5 Å². The van der Waals surface area contributed by atoms with E-state index in [2.05, 4.69) is 48.9 Å². The van der Waals surface area contributed by atoms with Crippen LogP contribution >= 0.6 is 0 Å². The molecule has 1 fully saturated rings. The molecule has 0 spiro atoms. The number of anilines is 2. The molecule has 35 heavy (non-hydrogen) atoms. The van der Waals surface area contributed by atoms with Crippen LogP contribution in [0.15, 0.2) is 61.2 Å². The minimum absolute atomic E-state index is 0.116. The Morgan fingerprint density at radius 1 is 1.03 bits per heavy atom. The number of hydrogen-bond acceptors (Lipinski definition) is 7. The molecule has 1 saturated carbocycles. The number of carbonyl (C=O) groups is 1. The molecular weight excluding hydrogens is 438 g/mol. The number of rotatable bonds is 9. The molecule has 8 nitrogen and oxygen atoms in total. The highest BCUT2D eigenvalue weighted by Crippen LogP contribution is 2.29. The van der Waals surface area contributed by atoms with Gasteiger partial charge in [-0.2, -0.15) is 0 Å². The van der Waals surface area contributed by atoms with Gasteiger partial charge in [-0.25, -0.2) is 15.0 Å². The number of nitrogens with zero attached hydrogens (tertiary/aromatic N) is 4. The zero-order valence-electron chi connectivity index (χ0n) is 20.0. The maximum absolute atomic E-state index is 12.3. The van der Waals surface area contributed by atoms with E-state index in [-0.39, 0.29) is 11.8 Å². The van der Waals surface area contributed by atoms with Crippen LogP contribution in [0.3, 0.4) is 0 Å². The largest absolute Gasteiger partial charge is 0.370 e. The van der Waals surface area contributed by atoms with Crippen molar-refractivity contribution in [2.45, 2.75) is 25.7 Å². The first-order valence-corrected chi connectivity index (χ1v) is 12.0. The van der Waals surface area contributed by atoms with Gasteiger partial charge in [0.05, 0.1) is 16.8 Å². The van der Waals surface area contributed by atoms with Gasteiger partial charge in [0.2, 0.25) is 0 Å². The Morgan fingerprint density at radius 2 is 1.91 bits per heavy atom. The van der Waals surface area contributed by atoms with E-state index in [4.69, 9.17) is 0 Å². The number of para-hydroxylation sites is 1. The number of aromatic nitrogens is 4. The van der Waals surface area contributed by atoms with Crippen LogP contribution in [0.1, 0.15) is 41.6 Å². The molecule has 1 aromatic carbocycles. The molecule has 1 atom stereocenters. The quantitative estimate of drug-likeness (QED) is 0.333. The van der Waals surface area contributed by atoms with Crippen LogP contribution in [0, 0.1) is 5.92 Å². The Balaban J connectivity index is 1.28. The van der Waals surface area contributed by atoms with Gasteiger partial charge in [0.25, 0.3) is 5.91 Å². The predicted molar refractivity (Wildman–Crippen MR) is 139 cm³/mol. The lowest BCUT2D eigenvalue weighted by Gasteiger charge is -2.16. The molecule has 178 valence electrons. The summed E-state index contributed by atoms with van der Waals surface area (Å²) in [5.74, 6) is 2.47. The zero-order valence-corrected chi connectivity index (χ0v) is 20.0. The Morgan fingerprint density at radius 3 is 2.69 bits per heavy atom. The Labute approximate surface area is 204 Å². The summed E-state index contributed by atoms with van der Waals surface area (Å²) in [5.41, 5.74) is 4.31. The zero-order chi connectivity index (χ0) is 24.2. The van der Waals surface area contributed by atoms with E-state index in [1.807, 2.05) is 36.5 Å². The first-order valence-electron chi connectivity index (χ1n) is 12.0. The Kier molecular flexibility index (Phi) is 6.52. The summed E-state index contributed by atoms with van der Waals surface area (Å²) in [6.07, 6.45) is 7.73. The van der Waals surface area contributed by atoms with Crippen LogP contribution < -0.4 is 16.0 Å². The Bertz CT molecular complexity index is 1340. The van der Waals surface area contributed by atoms with Crippen LogP contribution in [0.25, 0.3) is 22.2 Å². The molecule has 3 heterocycles. The number of fused-ring (bicyclic) bond motifs is 1. The molecule has 5 rings (SSSR count). The molecule has 3 N–H and O–H groups in total. The van der Waals surface area contributed by atoms with Crippen LogP contribution in [0.2, 0.25) is 0 Å². The van der Waals surface area contributed by atoms with E-state index in [0.717, 1.165) is 51.8 Å². The third kappa shape index (κ3) is 5.21. The summed E-state index contributed by atoms with van der Waals surface area (Å²) in [7, 11) is 1.64. The SMILES string of the molecule is CNC(=O)c1ccnc2c([C@H](C)CNc3cc(-c4ccc(NCC5CC5)nc4)ncn3)cccc12. The molecule has 0 unspecified atom stereocenters. The highest BCUT2D eigenvalue weighted by molar-refractivity contribution is 6.06. The molecule has 0 radical (unpaired) electrons. The molecule has 3 aromatic heterocycles. The summed E-state index contributed by atoms with van der Waals surface area (Å²) in [5, 5.41) is 10.4. The fourth-order valence-corrected chi connectivity index (χ4v) is 4.13. The summed E-state index contributed by atoms with van der Waals surface area (Å²) in [6.45, 7) is 3.78. The van der Waals surface area contributed by atoms with Gasteiger partial charge in [-0.1, -0.05) is 25.1 Å². The van der Waals surface area contributed by atoms with Crippen molar-refractivity contribution >= 4 is 28.4 Å². The highest BCUT2D eigenvalue weighted by Gasteiger charge is 2.20. The first-order chi connectivity index (χ1) is 17.1. The van der Waals surface area contributed by atoms with E-state index < -0.39 is 0 Å². The minimum Gasteiger partial charge on any atom is -0.370 e. The summed E-state index contributed by atoms with van der Waals surface area (Å²) in [4.78, 5) is 30.2. The van der Waals surface area contributed by atoms with E-state index in [9.17, 15) is 4.79 Å². The molecule has 0 bridgehead atoms. The second-order valence-corrected chi connectivity index (χ2v) is 9.01. The Hall–Kier alpha value is -4.07.